The largest absolute Gasteiger partial charge is 0.383 e. The molecule has 11 heteroatoms. The number of likely N-dealkylation sites (tertiary alicyclic amines) is 1. The highest BCUT2D eigenvalue weighted by molar-refractivity contribution is 7.90. The summed E-state index contributed by atoms with van der Waals surface area (Å²) in [6, 6.07) is 13.0. The van der Waals surface area contributed by atoms with Gasteiger partial charge in [-0.15, -0.1) is 0 Å². The second-order valence-electron chi connectivity index (χ2n) is 9.36. The zero-order valence-corrected chi connectivity index (χ0v) is 22.2. The van der Waals surface area contributed by atoms with E-state index in [-0.39, 0.29) is 16.9 Å². The van der Waals surface area contributed by atoms with E-state index < -0.39 is 27.5 Å². The number of nitrogens with zero attached hydrogens (tertiary/aromatic N) is 2. The molecule has 1 aliphatic rings. The van der Waals surface area contributed by atoms with E-state index in [1.54, 1.807) is 44.4 Å². The van der Waals surface area contributed by atoms with E-state index in [1.165, 1.54) is 18.2 Å². The fourth-order valence-corrected chi connectivity index (χ4v) is 5.20. The normalized spacial score (nSPS) is 17.9. The predicted molar refractivity (Wildman–Crippen MR) is 141 cm³/mol. The maximum absolute atomic E-state index is 13.9. The van der Waals surface area contributed by atoms with Gasteiger partial charge in [0.2, 0.25) is 0 Å². The van der Waals surface area contributed by atoms with Crippen molar-refractivity contribution in [1.82, 2.24) is 15.2 Å². The van der Waals surface area contributed by atoms with Crippen LogP contribution in [0.3, 0.4) is 0 Å². The molecule has 38 heavy (non-hydrogen) atoms. The van der Waals surface area contributed by atoms with Gasteiger partial charge in [0.25, 0.3) is 0 Å². The van der Waals surface area contributed by atoms with Gasteiger partial charge in [-0.25, -0.2) is 22.0 Å². The fourth-order valence-electron chi connectivity index (χ4n) is 4.57. The Balaban J connectivity index is 1.46. The Kier molecular flexibility index (Phi) is 8.39. The van der Waals surface area contributed by atoms with Crippen molar-refractivity contribution in [2.45, 2.75) is 23.8 Å². The number of methoxy groups -OCH3 is 1. The zero-order chi connectivity index (χ0) is 27.4. The molecule has 2 N–H and O–H groups in total. The summed E-state index contributed by atoms with van der Waals surface area (Å²) in [4.78, 5) is 19.8. The molecule has 2 unspecified atom stereocenters. The molecule has 4 rings (SSSR count). The molecule has 2 heterocycles. The fraction of sp³-hybridized carbons (Fsp3) is 0.333. The van der Waals surface area contributed by atoms with Gasteiger partial charge in [-0.2, -0.15) is 0 Å². The molecular formula is C27H30F2N4O4S. The molecule has 1 fully saturated rings. The van der Waals surface area contributed by atoms with Crippen LogP contribution >= 0.6 is 0 Å². The number of rotatable bonds is 8. The molecule has 2 atom stereocenters. The van der Waals surface area contributed by atoms with Crippen molar-refractivity contribution >= 4 is 21.6 Å². The maximum Gasteiger partial charge on any atom is 0.319 e. The van der Waals surface area contributed by atoms with Gasteiger partial charge in [-0.1, -0.05) is 18.2 Å². The maximum atomic E-state index is 13.9. The summed E-state index contributed by atoms with van der Waals surface area (Å²) in [6.45, 7) is 4.01. The molecule has 1 aliphatic heterocycles. The molecule has 0 radical (unpaired) electrons. The molecular weight excluding hydrogens is 514 g/mol. The number of hydrogen-bond acceptors (Lipinski definition) is 6. The average Bonchev–Trinajstić information content (AvgIpc) is 3.27. The standard InChI is InChI=1S/C27H30F2N4O4S/c1-17-24(10-11-25(30-17)18-4-7-20(8-5-18)38(3,35)36)31-27(34)32-26-16-33(12-13-37-2)15-21(26)19-6-9-22(28)23(29)14-19/h4-11,14,21,26H,12-13,15-16H2,1-3H3,(H2,31,32,34). The number of urea groups is 1. The van der Waals surface area contributed by atoms with Crippen molar-refractivity contribution in [2.24, 2.45) is 0 Å². The van der Waals surface area contributed by atoms with Gasteiger partial charge in [0.15, 0.2) is 21.5 Å². The molecule has 1 aromatic heterocycles. The van der Waals surface area contributed by atoms with Crippen molar-refractivity contribution in [2.75, 3.05) is 44.9 Å². The molecule has 2 aromatic carbocycles. The van der Waals surface area contributed by atoms with E-state index in [2.05, 4.69) is 20.5 Å². The Morgan fingerprint density at radius 3 is 2.45 bits per heavy atom. The number of anilines is 1. The Bertz CT molecular complexity index is 1420. The number of amides is 2. The van der Waals surface area contributed by atoms with Gasteiger partial charge >= 0.3 is 6.03 Å². The van der Waals surface area contributed by atoms with Gasteiger partial charge in [0.1, 0.15) is 0 Å². The number of benzene rings is 2. The lowest BCUT2D eigenvalue weighted by atomic mass is 9.94. The molecule has 0 saturated carbocycles. The highest BCUT2D eigenvalue weighted by Crippen LogP contribution is 2.29. The first-order valence-electron chi connectivity index (χ1n) is 12.1. The number of aromatic nitrogens is 1. The smallest absolute Gasteiger partial charge is 0.319 e. The Morgan fingerprint density at radius 1 is 1.08 bits per heavy atom. The Hall–Kier alpha value is -3.41. The van der Waals surface area contributed by atoms with E-state index in [0.29, 0.717) is 48.9 Å². The van der Waals surface area contributed by atoms with Crippen molar-refractivity contribution in [3.63, 3.8) is 0 Å². The van der Waals surface area contributed by atoms with Crippen LogP contribution in [0.1, 0.15) is 17.2 Å². The van der Waals surface area contributed by atoms with Crippen LogP contribution < -0.4 is 10.6 Å². The highest BCUT2D eigenvalue weighted by Gasteiger charge is 2.35. The lowest BCUT2D eigenvalue weighted by Crippen LogP contribution is -2.42. The lowest BCUT2D eigenvalue weighted by molar-refractivity contribution is 0.159. The van der Waals surface area contributed by atoms with Crippen LogP contribution in [0.5, 0.6) is 0 Å². The number of carbonyl (C=O) groups excluding carboxylic acids is 1. The first-order chi connectivity index (χ1) is 18.0. The first-order valence-corrected chi connectivity index (χ1v) is 14.0. The van der Waals surface area contributed by atoms with Crippen LogP contribution in [-0.4, -0.2) is 70.0 Å². The van der Waals surface area contributed by atoms with Crippen LogP contribution in [0, 0.1) is 18.6 Å². The summed E-state index contributed by atoms with van der Waals surface area (Å²) in [5.41, 5.74) is 3.08. The number of sulfone groups is 1. The van der Waals surface area contributed by atoms with Crippen molar-refractivity contribution in [3.05, 3.63) is 77.5 Å². The summed E-state index contributed by atoms with van der Waals surface area (Å²) in [5, 5.41) is 5.80. The third-order valence-electron chi connectivity index (χ3n) is 6.61. The van der Waals surface area contributed by atoms with E-state index >= 15 is 0 Å². The Morgan fingerprint density at radius 2 is 1.82 bits per heavy atom. The summed E-state index contributed by atoms with van der Waals surface area (Å²) < 4.78 is 56.0. The molecule has 8 nitrogen and oxygen atoms in total. The van der Waals surface area contributed by atoms with Crippen molar-refractivity contribution in [3.8, 4) is 11.3 Å². The molecule has 0 aliphatic carbocycles. The minimum Gasteiger partial charge on any atom is -0.383 e. The number of aryl methyl sites for hydroxylation is 1. The zero-order valence-electron chi connectivity index (χ0n) is 21.4. The number of carbonyl (C=O) groups is 1. The quantitative estimate of drug-likeness (QED) is 0.445. The van der Waals surface area contributed by atoms with Gasteiger partial charge in [-0.3, -0.25) is 9.88 Å². The predicted octanol–water partition coefficient (Wildman–Crippen LogP) is 3.97. The van der Waals surface area contributed by atoms with E-state index in [9.17, 15) is 22.0 Å². The summed E-state index contributed by atoms with van der Waals surface area (Å²) in [6.07, 6.45) is 1.15. The average molecular weight is 545 g/mol. The monoisotopic (exact) mass is 544 g/mol. The minimum absolute atomic E-state index is 0.224. The first kappa shape index (κ1) is 27.6. The van der Waals surface area contributed by atoms with Crippen LogP contribution in [-0.2, 0) is 14.6 Å². The van der Waals surface area contributed by atoms with E-state index in [1.807, 2.05) is 0 Å². The van der Waals surface area contributed by atoms with Crippen LogP contribution in [0.2, 0.25) is 0 Å². The number of pyridine rings is 1. The van der Waals surface area contributed by atoms with Crippen molar-refractivity contribution < 1.29 is 26.7 Å². The summed E-state index contributed by atoms with van der Waals surface area (Å²) >= 11 is 0. The number of ether oxygens (including phenoxy) is 1. The topological polar surface area (TPSA) is 101 Å². The molecule has 1 saturated heterocycles. The van der Waals surface area contributed by atoms with Gasteiger partial charge in [0.05, 0.1) is 34.6 Å². The molecule has 0 bridgehead atoms. The second kappa shape index (κ2) is 11.5. The molecule has 2 amide bonds. The van der Waals surface area contributed by atoms with Gasteiger partial charge in [0, 0.05) is 44.5 Å². The SMILES string of the molecule is COCCN1CC(NC(=O)Nc2ccc(-c3ccc(S(C)(=O)=O)cc3)nc2C)C(c2ccc(F)c(F)c2)C1. The summed E-state index contributed by atoms with van der Waals surface area (Å²) in [5.74, 6) is -2.07. The van der Waals surface area contributed by atoms with Crippen LogP contribution in [0.15, 0.2) is 59.5 Å². The third-order valence-corrected chi connectivity index (χ3v) is 7.74. The number of nitrogens with one attached hydrogen (secondary N) is 2. The Labute approximate surface area is 220 Å². The van der Waals surface area contributed by atoms with Crippen LogP contribution in [0.25, 0.3) is 11.3 Å². The third kappa shape index (κ3) is 6.53. The second-order valence-corrected chi connectivity index (χ2v) is 11.4. The lowest BCUT2D eigenvalue weighted by Gasteiger charge is -2.21. The summed E-state index contributed by atoms with van der Waals surface area (Å²) in [7, 11) is -1.68. The van der Waals surface area contributed by atoms with Gasteiger partial charge in [-0.05, 0) is 48.9 Å². The van der Waals surface area contributed by atoms with E-state index in [0.717, 1.165) is 17.9 Å². The van der Waals surface area contributed by atoms with E-state index in [4.69, 9.17) is 4.74 Å². The minimum atomic E-state index is -3.29. The van der Waals surface area contributed by atoms with Crippen molar-refractivity contribution in [1.29, 1.82) is 0 Å². The highest BCUT2D eigenvalue weighted by atomic mass is 32.2. The van der Waals surface area contributed by atoms with Crippen LogP contribution in [0.4, 0.5) is 19.3 Å². The number of halogens is 2. The molecule has 0 spiro atoms. The van der Waals surface area contributed by atoms with Gasteiger partial charge < -0.3 is 15.4 Å². The molecule has 202 valence electrons. The number of hydrogen-bond donors (Lipinski definition) is 2. The molecule has 3 aromatic rings.